The number of benzene rings is 4. The minimum absolute atomic E-state index is 0.104. The average Bonchev–Trinajstić information content (AvgIpc) is 3.06. The summed E-state index contributed by atoms with van der Waals surface area (Å²) in [4.78, 5) is 50.9. The number of guanidine groups is 1. The van der Waals surface area contributed by atoms with Crippen molar-refractivity contribution >= 4 is 66.9 Å². The van der Waals surface area contributed by atoms with Crippen molar-refractivity contribution in [2.45, 2.75) is 27.7 Å². The van der Waals surface area contributed by atoms with E-state index < -0.39 is 11.9 Å². The van der Waals surface area contributed by atoms with Crippen molar-refractivity contribution in [1.82, 2.24) is 10.6 Å². The van der Waals surface area contributed by atoms with Crippen molar-refractivity contribution in [3.63, 3.8) is 0 Å². The molecule has 0 bridgehead atoms. The molecule has 4 aromatic carbocycles. The molecule has 0 aliphatic rings. The van der Waals surface area contributed by atoms with Gasteiger partial charge in [0.05, 0.1) is 5.56 Å². The first-order chi connectivity index (χ1) is 22.2. The molecule has 0 heterocycles. The zero-order valence-corrected chi connectivity index (χ0v) is 31.2. The molecular weight excluding hydrogens is 824 g/mol. The van der Waals surface area contributed by atoms with E-state index in [1.165, 1.54) is 26.2 Å². The molecule has 0 aliphatic carbocycles. The Morgan fingerprint density at radius 3 is 1.38 bits per heavy atom. The molecule has 7 N–H and O–H groups in total. The molecule has 3 amide bonds. The second-order valence-corrected chi connectivity index (χ2v) is 10.5. The third-order valence-electron chi connectivity index (χ3n) is 6.98. The summed E-state index contributed by atoms with van der Waals surface area (Å²) >= 11 is 4.24. The van der Waals surface area contributed by atoms with Gasteiger partial charge in [-0.1, -0.05) is 47.5 Å². The highest BCUT2D eigenvalue weighted by atomic mass is 128. The molecule has 10 nitrogen and oxygen atoms in total. The van der Waals surface area contributed by atoms with E-state index in [1.807, 2.05) is 64.1 Å². The summed E-state index contributed by atoms with van der Waals surface area (Å²) < 4.78 is 0. The molecule has 0 fully saturated rings. The Labute approximate surface area is 297 Å². The Hall–Kier alpha value is -4.31. The smallest absolute Gasteiger partial charge is 0.335 e. The largest absolute Gasteiger partial charge is 0.478 e. The maximum Gasteiger partial charge on any atom is 0.335 e. The van der Waals surface area contributed by atoms with Crippen LogP contribution in [0.15, 0.2) is 77.8 Å². The van der Waals surface area contributed by atoms with Crippen molar-refractivity contribution in [3.05, 3.63) is 117 Å². The number of nitrogens with one attached hydrogen (secondary N) is 2. The van der Waals surface area contributed by atoms with Crippen LogP contribution in [0.3, 0.4) is 0 Å². The van der Waals surface area contributed by atoms with Gasteiger partial charge < -0.3 is 27.2 Å². The van der Waals surface area contributed by atoms with E-state index in [0.717, 1.165) is 44.5 Å². The quantitative estimate of drug-likeness (QED) is 0.0831. The van der Waals surface area contributed by atoms with Crippen molar-refractivity contribution in [2.24, 2.45) is 16.5 Å². The van der Waals surface area contributed by atoms with E-state index in [2.05, 4.69) is 52.9 Å². The maximum absolute atomic E-state index is 12.2. The maximum atomic E-state index is 12.2. The summed E-state index contributed by atoms with van der Waals surface area (Å²) in [6.07, 6.45) is 0. The summed E-state index contributed by atoms with van der Waals surface area (Å²) in [6, 6.07) is 21.6. The van der Waals surface area contributed by atoms with E-state index in [-0.39, 0.29) is 28.9 Å². The van der Waals surface area contributed by atoms with Gasteiger partial charge in [-0.25, -0.2) is 4.79 Å². The van der Waals surface area contributed by atoms with Crippen LogP contribution in [0.5, 0.6) is 0 Å². The highest BCUT2D eigenvalue weighted by molar-refractivity contribution is 15.0. The van der Waals surface area contributed by atoms with Gasteiger partial charge >= 0.3 is 5.97 Å². The number of carboxylic acid groups (broad SMARTS) is 1. The average molecular weight is 862 g/mol. The van der Waals surface area contributed by atoms with Gasteiger partial charge in [0.15, 0.2) is 5.96 Å². The molecule has 0 radical (unpaired) electrons. The lowest BCUT2D eigenvalue weighted by atomic mass is 9.94. The first-order valence-electron chi connectivity index (χ1n) is 14.1. The van der Waals surface area contributed by atoms with Gasteiger partial charge in [0, 0.05) is 68.0 Å². The van der Waals surface area contributed by atoms with Gasteiger partial charge in [0.2, 0.25) is 0 Å². The number of hydrogen-bond donors (Lipinski definition) is 5. The topological polar surface area (TPSA) is 177 Å². The molecule has 0 saturated carbocycles. The Bertz CT molecular complexity index is 1840. The van der Waals surface area contributed by atoms with Crippen LogP contribution in [-0.4, -0.2) is 48.9 Å². The number of aromatic carboxylic acids is 1. The molecule has 0 unspecified atom stereocenters. The highest BCUT2D eigenvalue weighted by Gasteiger charge is 2.15. The van der Waals surface area contributed by atoms with Crippen LogP contribution < -0.4 is 22.1 Å². The zero-order valence-electron chi connectivity index (χ0n) is 26.9. The fourth-order valence-electron chi connectivity index (χ4n) is 4.64. The van der Waals surface area contributed by atoms with E-state index in [0.29, 0.717) is 11.1 Å². The predicted molar refractivity (Wildman–Crippen MR) is 205 cm³/mol. The van der Waals surface area contributed by atoms with Gasteiger partial charge in [-0.05, 0) is 97.5 Å². The number of carboxylic acids is 1. The van der Waals surface area contributed by atoms with Crippen LogP contribution in [0.2, 0.25) is 0 Å². The second-order valence-electron chi connectivity index (χ2n) is 10.5. The third kappa shape index (κ3) is 10.9. The molecular formula is C35H37I2N5O5. The molecule has 12 heteroatoms. The summed E-state index contributed by atoms with van der Waals surface area (Å²) in [7, 11) is 3.05. The van der Waals surface area contributed by atoms with Crippen LogP contribution >= 0.6 is 37.2 Å². The van der Waals surface area contributed by atoms with Crippen molar-refractivity contribution in [1.29, 1.82) is 0 Å². The first-order valence-corrected chi connectivity index (χ1v) is 20.4. The number of hydrogen-bond acceptors (Lipinski definition) is 4. The molecule has 0 aromatic heterocycles. The van der Waals surface area contributed by atoms with Crippen LogP contribution in [0, 0.1) is 27.7 Å². The Morgan fingerprint density at radius 2 is 1.00 bits per heavy atom. The lowest BCUT2D eigenvalue weighted by Crippen LogP contribution is -2.24. The second kappa shape index (κ2) is 18.1. The Morgan fingerprint density at radius 1 is 0.617 bits per heavy atom. The first kappa shape index (κ1) is 38.9. The lowest BCUT2D eigenvalue weighted by molar-refractivity contribution is 0.0696. The molecule has 47 heavy (non-hydrogen) atoms. The normalized spacial score (nSPS) is 9.87. The summed E-state index contributed by atoms with van der Waals surface area (Å²) in [5.41, 5.74) is 19.2. The number of nitrogens with two attached hydrogens (primary N) is 2. The van der Waals surface area contributed by atoms with Gasteiger partial charge in [-0.3, -0.25) is 14.4 Å². The minimum atomic E-state index is -1.05. The Balaban J connectivity index is 0.000000313. The molecule has 0 saturated heterocycles. The molecule has 0 spiro atoms. The van der Waals surface area contributed by atoms with E-state index in [1.54, 1.807) is 24.3 Å². The number of aryl methyl sites for hydroxylation is 4. The molecule has 0 atom stereocenters. The van der Waals surface area contributed by atoms with Crippen molar-refractivity contribution < 1.29 is 24.3 Å². The van der Waals surface area contributed by atoms with Gasteiger partial charge in [0.25, 0.3) is 17.7 Å². The number of rotatable bonds is 6. The van der Waals surface area contributed by atoms with Crippen LogP contribution in [0.25, 0.3) is 22.3 Å². The fourth-order valence-corrected chi connectivity index (χ4v) is 4.64. The lowest BCUT2D eigenvalue weighted by Gasteiger charge is -2.11. The van der Waals surface area contributed by atoms with Crippen LogP contribution in [0.4, 0.5) is 0 Å². The summed E-state index contributed by atoms with van der Waals surface area (Å²) in [5.74, 6) is -2.55. The molecule has 4 rings (SSSR count). The van der Waals surface area contributed by atoms with E-state index >= 15 is 0 Å². The Kier molecular flexibility index (Phi) is 15.0. The number of carbonyl (C=O) groups is 4. The summed E-state index contributed by atoms with van der Waals surface area (Å²) in [6.45, 7) is 7.89. The molecule has 0 aliphatic heterocycles. The minimum Gasteiger partial charge on any atom is -0.478 e. The van der Waals surface area contributed by atoms with Gasteiger partial charge in [0.1, 0.15) is 0 Å². The standard InChI is InChI=1S/C18H20N4O2.C17H17NO3.I2/c1-10-4-5-11(2)15(6-10)12-7-13(16(23)21-3)9-14(8-12)17(24)22-18(19)20;1-10-4-5-11(2)15(6-10)12-7-13(16(19)18-3)9-14(8-12)17(20)21;1-2/h4-9H,1-3H3,(H,21,23)(H4,19,20,22,24);4-9H,1-3H3,(H,18,19)(H,20,21);. The van der Waals surface area contributed by atoms with Crippen LogP contribution in [-0.2, 0) is 0 Å². The fraction of sp³-hybridized carbons (Fsp3) is 0.171. The molecule has 246 valence electrons. The van der Waals surface area contributed by atoms with E-state index in [9.17, 15) is 24.3 Å². The number of carbonyl (C=O) groups excluding carboxylic acids is 3. The van der Waals surface area contributed by atoms with E-state index in [4.69, 9.17) is 11.5 Å². The highest BCUT2D eigenvalue weighted by Crippen LogP contribution is 2.28. The SMILES string of the molecule is CNC(=O)c1cc(C(=O)N=C(N)N)cc(-c2cc(C)ccc2C)c1.CNC(=O)c1cc(C(=O)O)cc(-c2cc(C)ccc2C)c1.II. The number of halogens is 2. The number of nitrogens with zero attached hydrogens (tertiary/aromatic N) is 1. The van der Waals surface area contributed by atoms with Crippen molar-refractivity contribution in [3.8, 4) is 22.3 Å². The third-order valence-corrected chi connectivity index (χ3v) is 6.98. The predicted octanol–water partition coefficient (Wildman–Crippen LogP) is 6.54. The zero-order chi connectivity index (χ0) is 35.4. The number of aliphatic imine (C=N–C) groups is 1. The monoisotopic (exact) mass is 861 g/mol. The summed E-state index contributed by atoms with van der Waals surface area (Å²) in [5, 5.41) is 14.3. The number of amides is 3. The molecule has 4 aromatic rings. The van der Waals surface area contributed by atoms with Gasteiger partial charge in [-0.2, -0.15) is 4.99 Å². The van der Waals surface area contributed by atoms with Crippen molar-refractivity contribution in [2.75, 3.05) is 14.1 Å². The van der Waals surface area contributed by atoms with Gasteiger partial charge in [-0.15, -0.1) is 0 Å². The van der Waals surface area contributed by atoms with Crippen LogP contribution in [0.1, 0.15) is 63.7 Å².